The van der Waals surface area contributed by atoms with Gasteiger partial charge < -0.3 is 5.32 Å². The predicted octanol–water partition coefficient (Wildman–Crippen LogP) is 3.85. The van der Waals surface area contributed by atoms with Gasteiger partial charge in [-0.3, -0.25) is 4.79 Å². The van der Waals surface area contributed by atoms with Gasteiger partial charge in [0.15, 0.2) is 0 Å². The molecule has 7 heteroatoms. The lowest BCUT2D eigenvalue weighted by atomic mass is 10.1. The molecule has 0 saturated carbocycles. The fourth-order valence-corrected chi connectivity index (χ4v) is 4.51. The molecule has 0 atom stereocenters. The van der Waals surface area contributed by atoms with E-state index in [1.54, 1.807) is 0 Å². The van der Waals surface area contributed by atoms with E-state index in [1.807, 2.05) is 32.9 Å². The van der Waals surface area contributed by atoms with E-state index in [1.165, 1.54) is 11.4 Å². The van der Waals surface area contributed by atoms with Crippen molar-refractivity contribution in [3.8, 4) is 0 Å². The van der Waals surface area contributed by atoms with Crippen molar-refractivity contribution in [3.05, 3.63) is 45.1 Å². The van der Waals surface area contributed by atoms with Crippen molar-refractivity contribution in [3.63, 3.8) is 0 Å². The minimum Gasteiger partial charge on any atom is -0.321 e. The lowest BCUT2D eigenvalue weighted by Gasteiger charge is -2.12. The van der Waals surface area contributed by atoms with Crippen molar-refractivity contribution in [2.24, 2.45) is 0 Å². The number of carbonyl (C=O) groups is 1. The van der Waals surface area contributed by atoms with E-state index in [0.29, 0.717) is 5.69 Å². The lowest BCUT2D eigenvalue weighted by molar-refractivity contribution is 0.102. The van der Waals surface area contributed by atoms with Crippen molar-refractivity contribution in [1.29, 1.82) is 0 Å². The van der Waals surface area contributed by atoms with Gasteiger partial charge >= 0.3 is 0 Å². The molecule has 0 aliphatic heterocycles. The SMILES string of the molecule is Cc1cc(C)c(NC(=O)c2sccc2S(=O)(=O)Cl)c(C)c1. The fourth-order valence-electron chi connectivity index (χ4n) is 2.20. The molecular formula is C14H14ClNO3S2. The highest BCUT2D eigenvalue weighted by Crippen LogP contribution is 2.28. The Hall–Kier alpha value is -1.37. The maximum Gasteiger partial charge on any atom is 0.267 e. The van der Waals surface area contributed by atoms with Crippen molar-refractivity contribution in [2.45, 2.75) is 25.7 Å². The van der Waals surface area contributed by atoms with E-state index in [-0.39, 0.29) is 9.77 Å². The van der Waals surface area contributed by atoms with Crippen LogP contribution in [-0.4, -0.2) is 14.3 Å². The molecule has 0 saturated heterocycles. The number of rotatable bonds is 3. The molecule has 0 aliphatic rings. The summed E-state index contributed by atoms with van der Waals surface area (Å²) < 4.78 is 22.9. The largest absolute Gasteiger partial charge is 0.321 e. The molecule has 1 aromatic heterocycles. The number of thiophene rings is 1. The number of benzene rings is 1. The second-order valence-electron chi connectivity index (χ2n) is 4.78. The number of nitrogens with one attached hydrogen (secondary N) is 1. The standard InChI is InChI=1S/C14H14ClNO3S2/c1-8-6-9(2)12(10(3)7-8)16-14(17)13-11(4-5-20-13)21(15,18)19/h4-7H,1-3H3,(H,16,17). The molecule has 0 fully saturated rings. The summed E-state index contributed by atoms with van der Waals surface area (Å²) in [5.74, 6) is -0.473. The molecule has 21 heavy (non-hydrogen) atoms. The Morgan fingerprint density at radius 3 is 2.29 bits per heavy atom. The van der Waals surface area contributed by atoms with Crippen LogP contribution in [0.5, 0.6) is 0 Å². The summed E-state index contributed by atoms with van der Waals surface area (Å²) in [5, 5.41) is 4.30. The zero-order valence-electron chi connectivity index (χ0n) is 11.7. The van der Waals surface area contributed by atoms with E-state index in [2.05, 4.69) is 5.32 Å². The minimum atomic E-state index is -3.93. The Bertz CT molecular complexity index is 786. The summed E-state index contributed by atoms with van der Waals surface area (Å²) in [4.78, 5) is 12.2. The van der Waals surface area contributed by atoms with Crippen LogP contribution < -0.4 is 5.32 Å². The van der Waals surface area contributed by atoms with Crippen molar-refractivity contribution in [1.82, 2.24) is 0 Å². The van der Waals surface area contributed by atoms with Crippen LogP contribution in [0.15, 0.2) is 28.5 Å². The maximum absolute atomic E-state index is 12.3. The fraction of sp³-hybridized carbons (Fsp3) is 0.214. The molecule has 1 heterocycles. The molecular weight excluding hydrogens is 330 g/mol. The monoisotopic (exact) mass is 343 g/mol. The Labute approximate surface area is 132 Å². The van der Waals surface area contributed by atoms with E-state index in [4.69, 9.17) is 10.7 Å². The van der Waals surface area contributed by atoms with Gasteiger partial charge in [-0.25, -0.2) is 8.42 Å². The zero-order valence-corrected chi connectivity index (χ0v) is 14.1. The summed E-state index contributed by atoms with van der Waals surface area (Å²) in [6.07, 6.45) is 0. The van der Waals surface area contributed by atoms with Gasteiger partial charge in [0.1, 0.15) is 9.77 Å². The van der Waals surface area contributed by atoms with Crippen LogP contribution in [0.3, 0.4) is 0 Å². The van der Waals surface area contributed by atoms with Gasteiger partial charge in [0, 0.05) is 16.4 Å². The highest BCUT2D eigenvalue weighted by Gasteiger charge is 2.22. The number of hydrogen-bond acceptors (Lipinski definition) is 4. The smallest absolute Gasteiger partial charge is 0.267 e. The quantitative estimate of drug-likeness (QED) is 0.861. The first-order valence-electron chi connectivity index (χ1n) is 6.11. The molecule has 1 amide bonds. The third-order valence-electron chi connectivity index (χ3n) is 3.01. The van der Waals surface area contributed by atoms with Gasteiger partial charge in [-0.1, -0.05) is 17.7 Å². The summed E-state index contributed by atoms with van der Waals surface area (Å²) in [6, 6.07) is 5.24. The molecule has 2 rings (SSSR count). The summed E-state index contributed by atoms with van der Waals surface area (Å²) in [5.41, 5.74) is 3.64. The van der Waals surface area contributed by atoms with Crippen LogP contribution in [0.25, 0.3) is 0 Å². The Morgan fingerprint density at radius 1 is 1.19 bits per heavy atom. The van der Waals surface area contributed by atoms with Crippen molar-refractivity contribution in [2.75, 3.05) is 5.32 Å². The van der Waals surface area contributed by atoms with Crippen LogP contribution in [0.1, 0.15) is 26.4 Å². The molecule has 0 spiro atoms. The molecule has 4 nitrogen and oxygen atoms in total. The third kappa shape index (κ3) is 3.45. The predicted molar refractivity (Wildman–Crippen MR) is 86.0 cm³/mol. The summed E-state index contributed by atoms with van der Waals surface area (Å²) >= 11 is 1.04. The van der Waals surface area contributed by atoms with Gasteiger partial charge in [0.2, 0.25) is 0 Å². The van der Waals surface area contributed by atoms with Gasteiger partial charge in [-0.05, 0) is 43.3 Å². The van der Waals surface area contributed by atoms with Gasteiger partial charge in [0.25, 0.3) is 15.0 Å². The lowest BCUT2D eigenvalue weighted by Crippen LogP contribution is -2.14. The molecule has 112 valence electrons. The molecule has 2 aromatic rings. The first-order valence-corrected chi connectivity index (χ1v) is 9.30. The number of anilines is 1. The van der Waals surface area contributed by atoms with Crippen LogP contribution in [-0.2, 0) is 9.05 Å². The van der Waals surface area contributed by atoms with Crippen LogP contribution in [0.4, 0.5) is 5.69 Å². The van der Waals surface area contributed by atoms with Crippen LogP contribution in [0.2, 0.25) is 0 Å². The topological polar surface area (TPSA) is 63.2 Å². The van der Waals surface area contributed by atoms with Gasteiger partial charge in [0.05, 0.1) is 0 Å². The van der Waals surface area contributed by atoms with E-state index in [9.17, 15) is 13.2 Å². The first-order chi connectivity index (χ1) is 9.70. The molecule has 0 bridgehead atoms. The van der Waals surface area contributed by atoms with E-state index in [0.717, 1.165) is 28.0 Å². The average Bonchev–Trinajstić information content (AvgIpc) is 2.82. The number of halogens is 1. The number of aryl methyl sites for hydroxylation is 3. The highest BCUT2D eigenvalue weighted by molar-refractivity contribution is 8.13. The zero-order chi connectivity index (χ0) is 15.8. The molecule has 1 aromatic carbocycles. The second-order valence-corrected chi connectivity index (χ2v) is 8.23. The van der Waals surface area contributed by atoms with E-state index >= 15 is 0 Å². The number of hydrogen-bond donors (Lipinski definition) is 1. The normalized spacial score (nSPS) is 11.4. The maximum atomic E-state index is 12.3. The van der Waals surface area contributed by atoms with Crippen LogP contribution >= 0.6 is 22.0 Å². The summed E-state index contributed by atoms with van der Waals surface area (Å²) in [6.45, 7) is 5.76. The van der Waals surface area contributed by atoms with Gasteiger partial charge in [-0.15, -0.1) is 11.3 Å². The third-order valence-corrected chi connectivity index (χ3v) is 5.42. The molecule has 1 N–H and O–H groups in total. The summed E-state index contributed by atoms with van der Waals surface area (Å²) in [7, 11) is 1.40. The Kier molecular flexibility index (Phi) is 4.41. The van der Waals surface area contributed by atoms with E-state index < -0.39 is 15.0 Å². The molecule has 0 unspecified atom stereocenters. The van der Waals surface area contributed by atoms with Gasteiger partial charge in [-0.2, -0.15) is 0 Å². The Morgan fingerprint density at radius 2 is 1.76 bits per heavy atom. The van der Waals surface area contributed by atoms with Crippen molar-refractivity contribution >= 4 is 42.7 Å². The Balaban J connectivity index is 2.39. The first kappa shape index (κ1) is 16.0. The molecule has 0 aliphatic carbocycles. The second kappa shape index (κ2) is 5.79. The highest BCUT2D eigenvalue weighted by atomic mass is 35.7. The average molecular weight is 344 g/mol. The van der Waals surface area contributed by atoms with Crippen molar-refractivity contribution < 1.29 is 13.2 Å². The van der Waals surface area contributed by atoms with Crippen LogP contribution in [0, 0.1) is 20.8 Å². The number of carbonyl (C=O) groups excluding carboxylic acids is 1. The number of amides is 1. The molecule has 0 radical (unpaired) electrons. The minimum absolute atomic E-state index is 0.0874.